The lowest BCUT2D eigenvalue weighted by Crippen LogP contribution is -2.47. The number of carbonyl (C=O) groups is 3. The summed E-state index contributed by atoms with van der Waals surface area (Å²) in [7, 11) is 0. The van der Waals surface area contributed by atoms with Gasteiger partial charge in [0.1, 0.15) is 0 Å². The summed E-state index contributed by atoms with van der Waals surface area (Å²) in [5.74, 6) is -1.29. The highest BCUT2D eigenvalue weighted by Gasteiger charge is 2.17. The molecule has 0 spiro atoms. The lowest BCUT2D eigenvalue weighted by atomic mass is 10.4. The molecular formula is C12H24N4O6. The highest BCUT2D eigenvalue weighted by atomic mass is 16.3. The summed E-state index contributed by atoms with van der Waals surface area (Å²) in [6, 6.07) is 0. The van der Waals surface area contributed by atoms with Crippen LogP contribution < -0.4 is 16.0 Å². The van der Waals surface area contributed by atoms with Crippen molar-refractivity contribution in [3.05, 3.63) is 0 Å². The molecule has 128 valence electrons. The molecule has 0 saturated carbocycles. The molecule has 0 aliphatic rings. The Morgan fingerprint density at radius 3 is 1.14 bits per heavy atom. The van der Waals surface area contributed by atoms with Crippen LogP contribution in [-0.2, 0) is 14.4 Å². The number of nitrogens with zero attached hydrogens (tertiary/aromatic N) is 1. The minimum Gasteiger partial charge on any atom is -0.395 e. The molecule has 10 heteroatoms. The minimum absolute atomic E-state index is 0.0834. The standard InChI is InChI=1S/C12H24N4O6/c17-4-1-13-10(20)7-16(8-11(21)14-2-5-18)9-12(22)15-3-6-19/h17-19H,1-9H2,(H,13,20)(H,14,21)(H,15,22). The minimum atomic E-state index is -0.432. The molecule has 0 aromatic carbocycles. The van der Waals surface area contributed by atoms with Crippen molar-refractivity contribution in [2.75, 3.05) is 59.1 Å². The molecule has 22 heavy (non-hydrogen) atoms. The van der Waals surface area contributed by atoms with E-state index in [4.69, 9.17) is 15.3 Å². The van der Waals surface area contributed by atoms with Gasteiger partial charge in [-0.25, -0.2) is 0 Å². The summed E-state index contributed by atoms with van der Waals surface area (Å²) in [5, 5.41) is 33.2. The predicted molar refractivity (Wildman–Crippen MR) is 76.7 cm³/mol. The van der Waals surface area contributed by atoms with Crippen LogP contribution in [0, 0.1) is 0 Å². The van der Waals surface area contributed by atoms with Crippen molar-refractivity contribution in [1.82, 2.24) is 20.9 Å². The highest BCUT2D eigenvalue weighted by Crippen LogP contribution is 1.89. The fourth-order valence-corrected chi connectivity index (χ4v) is 1.53. The van der Waals surface area contributed by atoms with Gasteiger partial charge in [-0.3, -0.25) is 19.3 Å². The monoisotopic (exact) mass is 320 g/mol. The molecule has 0 bridgehead atoms. The highest BCUT2D eigenvalue weighted by molar-refractivity contribution is 5.84. The number of amides is 3. The summed E-state index contributed by atoms with van der Waals surface area (Å²) in [5.41, 5.74) is 0. The third kappa shape index (κ3) is 11.0. The third-order valence-corrected chi connectivity index (χ3v) is 2.40. The van der Waals surface area contributed by atoms with Crippen LogP contribution in [0.5, 0.6) is 0 Å². The lowest BCUT2D eigenvalue weighted by Gasteiger charge is -2.20. The van der Waals surface area contributed by atoms with E-state index in [9.17, 15) is 14.4 Å². The molecule has 0 aliphatic heterocycles. The van der Waals surface area contributed by atoms with Crippen LogP contribution >= 0.6 is 0 Å². The Morgan fingerprint density at radius 1 is 0.636 bits per heavy atom. The van der Waals surface area contributed by atoms with Gasteiger partial charge >= 0.3 is 0 Å². The molecule has 0 atom stereocenters. The molecule has 0 aromatic heterocycles. The van der Waals surface area contributed by atoms with Crippen LogP contribution in [0.3, 0.4) is 0 Å². The first-order valence-electron chi connectivity index (χ1n) is 6.88. The van der Waals surface area contributed by atoms with Crippen LogP contribution in [0.2, 0.25) is 0 Å². The van der Waals surface area contributed by atoms with Crippen molar-refractivity contribution in [3.63, 3.8) is 0 Å². The Kier molecular flexibility index (Phi) is 11.9. The molecule has 6 N–H and O–H groups in total. The molecule has 3 amide bonds. The molecular weight excluding hydrogens is 296 g/mol. The van der Waals surface area contributed by atoms with E-state index in [1.165, 1.54) is 4.90 Å². The first-order chi connectivity index (χ1) is 10.5. The number of aliphatic hydroxyl groups excluding tert-OH is 3. The van der Waals surface area contributed by atoms with Crippen LogP contribution in [0.15, 0.2) is 0 Å². The molecule has 0 saturated heterocycles. The summed E-state index contributed by atoms with van der Waals surface area (Å²) in [6.07, 6.45) is 0. The van der Waals surface area contributed by atoms with Gasteiger partial charge < -0.3 is 31.3 Å². The van der Waals surface area contributed by atoms with Gasteiger partial charge in [-0.2, -0.15) is 0 Å². The zero-order chi connectivity index (χ0) is 16.8. The fraction of sp³-hybridized carbons (Fsp3) is 0.750. The number of aliphatic hydroxyl groups is 3. The van der Waals surface area contributed by atoms with Crippen molar-refractivity contribution in [3.8, 4) is 0 Å². The maximum absolute atomic E-state index is 11.6. The van der Waals surface area contributed by atoms with E-state index in [1.807, 2.05) is 0 Å². The normalized spacial score (nSPS) is 10.4. The summed E-state index contributed by atoms with van der Waals surface area (Å²) < 4.78 is 0. The Hall–Kier alpha value is -1.75. The fourth-order valence-electron chi connectivity index (χ4n) is 1.53. The largest absolute Gasteiger partial charge is 0.395 e. The first-order valence-corrected chi connectivity index (χ1v) is 6.88. The van der Waals surface area contributed by atoms with E-state index in [1.54, 1.807) is 0 Å². The molecule has 0 aromatic rings. The van der Waals surface area contributed by atoms with Gasteiger partial charge in [0, 0.05) is 19.6 Å². The first kappa shape index (κ1) is 20.2. The van der Waals surface area contributed by atoms with E-state index < -0.39 is 17.7 Å². The van der Waals surface area contributed by atoms with Gasteiger partial charge in [-0.05, 0) is 0 Å². The lowest BCUT2D eigenvalue weighted by molar-refractivity contribution is -0.127. The maximum atomic E-state index is 11.6. The summed E-state index contributed by atoms with van der Waals surface area (Å²) in [4.78, 5) is 36.1. The van der Waals surface area contributed by atoms with E-state index in [0.717, 1.165) is 0 Å². The quantitative estimate of drug-likeness (QED) is 0.212. The maximum Gasteiger partial charge on any atom is 0.234 e. The molecule has 0 rings (SSSR count). The van der Waals surface area contributed by atoms with Gasteiger partial charge in [-0.15, -0.1) is 0 Å². The SMILES string of the molecule is O=C(CN(CC(=O)NCCO)CC(=O)NCCO)NCCO. The van der Waals surface area contributed by atoms with Crippen LogP contribution in [-0.4, -0.2) is 97.0 Å². The second-order valence-electron chi connectivity index (χ2n) is 4.37. The summed E-state index contributed by atoms with van der Waals surface area (Å²) in [6.45, 7) is -0.962. The Labute approximate surface area is 128 Å². The van der Waals surface area contributed by atoms with Crippen molar-refractivity contribution in [2.45, 2.75) is 0 Å². The predicted octanol–water partition coefficient (Wildman–Crippen LogP) is -4.39. The van der Waals surface area contributed by atoms with E-state index >= 15 is 0 Å². The molecule has 10 nitrogen and oxygen atoms in total. The average molecular weight is 320 g/mol. The second-order valence-corrected chi connectivity index (χ2v) is 4.37. The van der Waals surface area contributed by atoms with Crippen LogP contribution in [0.4, 0.5) is 0 Å². The molecule has 0 unspecified atom stereocenters. The van der Waals surface area contributed by atoms with Gasteiger partial charge in [0.15, 0.2) is 0 Å². The number of hydrogen-bond donors (Lipinski definition) is 6. The Balaban J connectivity index is 4.44. The number of hydrogen-bond acceptors (Lipinski definition) is 7. The average Bonchev–Trinajstić information content (AvgIpc) is 2.48. The smallest absolute Gasteiger partial charge is 0.234 e. The zero-order valence-corrected chi connectivity index (χ0v) is 12.4. The molecule has 0 heterocycles. The Bertz CT molecular complexity index is 300. The summed E-state index contributed by atoms with van der Waals surface area (Å²) >= 11 is 0. The number of nitrogens with one attached hydrogen (secondary N) is 3. The van der Waals surface area contributed by atoms with E-state index in [0.29, 0.717) is 0 Å². The molecule has 0 radical (unpaired) electrons. The zero-order valence-electron chi connectivity index (χ0n) is 12.4. The number of carbonyl (C=O) groups excluding carboxylic acids is 3. The topological polar surface area (TPSA) is 151 Å². The van der Waals surface area contributed by atoms with Crippen molar-refractivity contribution < 1.29 is 29.7 Å². The van der Waals surface area contributed by atoms with E-state index in [2.05, 4.69) is 16.0 Å². The second kappa shape index (κ2) is 13.0. The van der Waals surface area contributed by atoms with Gasteiger partial charge in [0.2, 0.25) is 17.7 Å². The van der Waals surface area contributed by atoms with Crippen molar-refractivity contribution in [1.29, 1.82) is 0 Å². The van der Waals surface area contributed by atoms with Crippen LogP contribution in [0.1, 0.15) is 0 Å². The number of rotatable bonds is 12. The van der Waals surface area contributed by atoms with Crippen molar-refractivity contribution >= 4 is 17.7 Å². The molecule has 0 fully saturated rings. The van der Waals surface area contributed by atoms with Gasteiger partial charge in [0.05, 0.1) is 39.5 Å². The molecule has 0 aliphatic carbocycles. The van der Waals surface area contributed by atoms with Crippen molar-refractivity contribution in [2.24, 2.45) is 0 Å². The van der Waals surface area contributed by atoms with E-state index in [-0.39, 0.29) is 59.1 Å². The van der Waals surface area contributed by atoms with Gasteiger partial charge in [0.25, 0.3) is 0 Å². The Morgan fingerprint density at radius 2 is 0.909 bits per heavy atom. The third-order valence-electron chi connectivity index (χ3n) is 2.40. The van der Waals surface area contributed by atoms with Crippen LogP contribution in [0.25, 0.3) is 0 Å². The van der Waals surface area contributed by atoms with Gasteiger partial charge in [-0.1, -0.05) is 0 Å².